The number of rotatable bonds is 3. The maximum absolute atomic E-state index is 5.92. The van der Waals surface area contributed by atoms with Gasteiger partial charge in [0.15, 0.2) is 0 Å². The van der Waals surface area contributed by atoms with Crippen molar-refractivity contribution in [2.24, 2.45) is 5.73 Å². The van der Waals surface area contributed by atoms with E-state index in [-0.39, 0.29) is 6.10 Å². The Morgan fingerprint density at radius 2 is 2.00 bits per heavy atom. The monoisotopic (exact) mass is 235 g/mol. The van der Waals surface area contributed by atoms with Crippen LogP contribution in [0.1, 0.15) is 44.1 Å². The number of nitrogens with zero attached hydrogens (tertiary/aromatic N) is 2. The van der Waals surface area contributed by atoms with Gasteiger partial charge in [0.05, 0.1) is 0 Å². The van der Waals surface area contributed by atoms with Gasteiger partial charge in [-0.2, -0.15) is 4.98 Å². The fourth-order valence-corrected chi connectivity index (χ4v) is 2.22. The number of nitrogens with two attached hydrogens (primary N) is 1. The SMILES string of the molecule is CCc1cc(OC2CCC(N)CC2)nc(C)n1. The van der Waals surface area contributed by atoms with E-state index in [1.165, 1.54) is 0 Å². The van der Waals surface area contributed by atoms with E-state index in [9.17, 15) is 0 Å². The average Bonchev–Trinajstić information content (AvgIpc) is 2.31. The van der Waals surface area contributed by atoms with Crippen molar-refractivity contribution in [2.75, 3.05) is 0 Å². The first-order valence-electron chi connectivity index (χ1n) is 6.44. The largest absolute Gasteiger partial charge is 0.474 e. The van der Waals surface area contributed by atoms with Crippen LogP contribution in [0.25, 0.3) is 0 Å². The molecule has 1 aliphatic rings. The van der Waals surface area contributed by atoms with E-state index in [1.807, 2.05) is 13.0 Å². The molecule has 4 nitrogen and oxygen atoms in total. The Bertz CT molecular complexity index is 373. The first-order valence-corrected chi connectivity index (χ1v) is 6.44. The summed E-state index contributed by atoms with van der Waals surface area (Å²) < 4.78 is 5.92. The highest BCUT2D eigenvalue weighted by molar-refractivity contribution is 5.16. The minimum absolute atomic E-state index is 0.272. The van der Waals surface area contributed by atoms with Crippen molar-refractivity contribution in [3.05, 3.63) is 17.6 Å². The summed E-state index contributed by atoms with van der Waals surface area (Å²) in [5, 5.41) is 0. The summed E-state index contributed by atoms with van der Waals surface area (Å²) in [6.45, 7) is 3.99. The van der Waals surface area contributed by atoms with Crippen molar-refractivity contribution in [3.8, 4) is 5.88 Å². The van der Waals surface area contributed by atoms with Gasteiger partial charge in [0.25, 0.3) is 0 Å². The lowest BCUT2D eigenvalue weighted by molar-refractivity contribution is 0.140. The minimum Gasteiger partial charge on any atom is -0.474 e. The lowest BCUT2D eigenvalue weighted by atomic mass is 9.94. The molecule has 0 radical (unpaired) electrons. The topological polar surface area (TPSA) is 61.0 Å². The zero-order valence-electron chi connectivity index (χ0n) is 10.6. The lowest BCUT2D eigenvalue weighted by Gasteiger charge is -2.26. The van der Waals surface area contributed by atoms with Gasteiger partial charge in [0.2, 0.25) is 5.88 Å². The highest BCUT2D eigenvalue weighted by atomic mass is 16.5. The molecule has 2 rings (SSSR count). The van der Waals surface area contributed by atoms with Gasteiger partial charge in [-0.15, -0.1) is 0 Å². The average molecular weight is 235 g/mol. The van der Waals surface area contributed by atoms with E-state index in [0.29, 0.717) is 6.04 Å². The van der Waals surface area contributed by atoms with Gasteiger partial charge in [-0.05, 0) is 39.0 Å². The van der Waals surface area contributed by atoms with Crippen molar-refractivity contribution in [1.29, 1.82) is 0 Å². The Kier molecular flexibility index (Phi) is 3.94. The summed E-state index contributed by atoms with van der Waals surface area (Å²) in [4.78, 5) is 8.68. The van der Waals surface area contributed by atoms with Crippen LogP contribution in [0.4, 0.5) is 0 Å². The lowest BCUT2D eigenvalue weighted by Crippen LogP contribution is -2.31. The molecule has 1 saturated carbocycles. The minimum atomic E-state index is 0.272. The van der Waals surface area contributed by atoms with Crippen LogP contribution in [0.3, 0.4) is 0 Å². The summed E-state index contributed by atoms with van der Waals surface area (Å²) in [6.07, 6.45) is 5.35. The van der Waals surface area contributed by atoms with Gasteiger partial charge < -0.3 is 10.5 Å². The number of ether oxygens (including phenoxy) is 1. The predicted octanol–water partition coefficient (Wildman–Crippen LogP) is 2.00. The van der Waals surface area contributed by atoms with Crippen molar-refractivity contribution >= 4 is 0 Å². The van der Waals surface area contributed by atoms with Crippen LogP contribution in [-0.2, 0) is 6.42 Å². The molecule has 0 aromatic carbocycles. The molecule has 0 aliphatic heterocycles. The van der Waals surface area contributed by atoms with Crippen molar-refractivity contribution in [2.45, 2.75) is 58.1 Å². The van der Waals surface area contributed by atoms with Gasteiger partial charge in [-0.3, -0.25) is 0 Å². The molecule has 0 saturated heterocycles. The highest BCUT2D eigenvalue weighted by Crippen LogP contribution is 2.22. The third-order valence-corrected chi connectivity index (χ3v) is 3.24. The summed E-state index contributed by atoms with van der Waals surface area (Å²) in [5.74, 6) is 1.50. The molecule has 0 atom stereocenters. The number of aromatic nitrogens is 2. The Labute approximate surface area is 103 Å². The number of hydrogen-bond acceptors (Lipinski definition) is 4. The second-order valence-electron chi connectivity index (χ2n) is 4.75. The molecule has 1 aromatic heterocycles. The molecule has 94 valence electrons. The second kappa shape index (κ2) is 5.45. The molecule has 2 N–H and O–H groups in total. The zero-order chi connectivity index (χ0) is 12.3. The van der Waals surface area contributed by atoms with Gasteiger partial charge in [-0.25, -0.2) is 4.98 Å². The van der Waals surface area contributed by atoms with Crippen molar-refractivity contribution in [1.82, 2.24) is 9.97 Å². The Morgan fingerprint density at radius 3 is 2.65 bits per heavy atom. The van der Waals surface area contributed by atoms with Gasteiger partial charge in [-0.1, -0.05) is 6.92 Å². The molecule has 0 amide bonds. The van der Waals surface area contributed by atoms with Crippen LogP contribution < -0.4 is 10.5 Å². The Morgan fingerprint density at radius 1 is 1.29 bits per heavy atom. The van der Waals surface area contributed by atoms with E-state index in [1.54, 1.807) is 0 Å². The molecule has 1 heterocycles. The summed E-state index contributed by atoms with van der Waals surface area (Å²) in [6, 6.07) is 2.30. The second-order valence-corrected chi connectivity index (χ2v) is 4.75. The quantitative estimate of drug-likeness (QED) is 0.870. The molecule has 0 spiro atoms. The van der Waals surface area contributed by atoms with Gasteiger partial charge in [0, 0.05) is 17.8 Å². The highest BCUT2D eigenvalue weighted by Gasteiger charge is 2.20. The van der Waals surface area contributed by atoms with E-state index in [4.69, 9.17) is 10.5 Å². The van der Waals surface area contributed by atoms with Crippen LogP contribution in [0, 0.1) is 6.92 Å². The molecule has 0 bridgehead atoms. The summed E-state index contributed by atoms with van der Waals surface area (Å²) in [5.41, 5.74) is 6.92. The first-order chi connectivity index (χ1) is 8.17. The summed E-state index contributed by atoms with van der Waals surface area (Å²) >= 11 is 0. The van der Waals surface area contributed by atoms with Crippen LogP contribution in [0.15, 0.2) is 6.07 Å². The molecule has 0 unspecified atom stereocenters. The van der Waals surface area contributed by atoms with Crippen molar-refractivity contribution < 1.29 is 4.74 Å². The van der Waals surface area contributed by atoms with Crippen molar-refractivity contribution in [3.63, 3.8) is 0 Å². The normalized spacial score (nSPS) is 24.6. The fourth-order valence-electron chi connectivity index (χ4n) is 2.22. The zero-order valence-corrected chi connectivity index (χ0v) is 10.6. The predicted molar refractivity (Wildman–Crippen MR) is 67.0 cm³/mol. The number of aryl methyl sites for hydroxylation is 2. The van der Waals surface area contributed by atoms with Gasteiger partial charge in [0.1, 0.15) is 11.9 Å². The Balaban J connectivity index is 2.00. The third-order valence-electron chi connectivity index (χ3n) is 3.24. The molecule has 4 heteroatoms. The van der Waals surface area contributed by atoms with E-state index >= 15 is 0 Å². The standard InChI is InChI=1S/C13H21N3O/c1-3-11-8-13(16-9(2)15-11)17-12-6-4-10(14)5-7-12/h8,10,12H,3-7,14H2,1-2H3. The fraction of sp³-hybridized carbons (Fsp3) is 0.692. The smallest absolute Gasteiger partial charge is 0.217 e. The number of hydrogen-bond donors (Lipinski definition) is 1. The maximum atomic E-state index is 5.92. The van der Waals surface area contributed by atoms with E-state index in [2.05, 4.69) is 16.9 Å². The molecule has 1 fully saturated rings. The van der Waals surface area contributed by atoms with Crippen LogP contribution in [0.5, 0.6) is 5.88 Å². The maximum Gasteiger partial charge on any atom is 0.217 e. The van der Waals surface area contributed by atoms with E-state index < -0.39 is 0 Å². The van der Waals surface area contributed by atoms with Crippen LogP contribution in [-0.4, -0.2) is 22.1 Å². The third kappa shape index (κ3) is 3.40. The first kappa shape index (κ1) is 12.3. The molecule has 1 aromatic rings. The summed E-state index contributed by atoms with van der Waals surface area (Å²) in [7, 11) is 0. The van der Waals surface area contributed by atoms with Crippen LogP contribution >= 0.6 is 0 Å². The van der Waals surface area contributed by atoms with Crippen LogP contribution in [0.2, 0.25) is 0 Å². The molecular formula is C13H21N3O. The van der Waals surface area contributed by atoms with Gasteiger partial charge >= 0.3 is 0 Å². The van der Waals surface area contributed by atoms with E-state index in [0.717, 1.165) is 49.5 Å². The molecule has 17 heavy (non-hydrogen) atoms. The Hall–Kier alpha value is -1.16. The molecule has 1 aliphatic carbocycles. The molecular weight excluding hydrogens is 214 g/mol.